The van der Waals surface area contributed by atoms with Crippen molar-refractivity contribution in [2.24, 2.45) is 16.5 Å². The van der Waals surface area contributed by atoms with E-state index in [1.165, 1.54) is 0 Å². The van der Waals surface area contributed by atoms with Crippen LogP contribution in [0.2, 0.25) is 5.15 Å². The molecular weight excluding hydrogens is 450 g/mol. The number of nitrogen functional groups attached to an aromatic ring is 2. The lowest BCUT2D eigenvalue weighted by Crippen LogP contribution is -2.38. The number of amides is 2. The van der Waals surface area contributed by atoms with Crippen LogP contribution >= 0.6 is 11.6 Å². The van der Waals surface area contributed by atoms with E-state index in [1.54, 1.807) is 0 Å². The summed E-state index contributed by atoms with van der Waals surface area (Å²) in [5, 5.41) is 5.15. The summed E-state index contributed by atoms with van der Waals surface area (Å²) in [4.78, 5) is 34.5. The molecule has 1 aromatic heterocycles. The summed E-state index contributed by atoms with van der Waals surface area (Å²) in [7, 11) is 0. The van der Waals surface area contributed by atoms with Crippen LogP contribution in [0.15, 0.2) is 29.3 Å². The Morgan fingerprint density at radius 2 is 1.79 bits per heavy atom. The Bertz CT molecular complexity index is 983. The Balaban J connectivity index is 1.67. The van der Waals surface area contributed by atoms with E-state index in [0.717, 1.165) is 30.6 Å². The third-order valence-corrected chi connectivity index (χ3v) is 4.57. The van der Waals surface area contributed by atoms with E-state index < -0.39 is 11.8 Å². The number of rotatable bonds is 12. The molecule has 2 amide bonds. The maximum absolute atomic E-state index is 12.2. The quantitative estimate of drug-likeness (QED) is 0.136. The summed E-state index contributed by atoms with van der Waals surface area (Å²) in [6, 6.07) is 7.78. The smallest absolute Gasteiger partial charge is 0.280 e. The van der Waals surface area contributed by atoms with Gasteiger partial charge < -0.3 is 33.0 Å². The summed E-state index contributed by atoms with van der Waals surface area (Å²) in [6.07, 6.45) is 2.52. The summed E-state index contributed by atoms with van der Waals surface area (Å²) in [5.41, 5.74) is 22.9. The van der Waals surface area contributed by atoms with Crippen molar-refractivity contribution in [3.63, 3.8) is 0 Å². The van der Waals surface area contributed by atoms with Crippen molar-refractivity contribution < 1.29 is 14.3 Å². The van der Waals surface area contributed by atoms with Gasteiger partial charge in [-0.1, -0.05) is 23.7 Å². The van der Waals surface area contributed by atoms with E-state index in [2.05, 4.69) is 25.6 Å². The molecule has 0 aliphatic carbocycles. The molecule has 2 rings (SSSR count). The molecule has 1 heterocycles. The van der Waals surface area contributed by atoms with Crippen molar-refractivity contribution in [3.8, 4) is 5.75 Å². The molecule has 0 saturated heterocycles. The minimum absolute atomic E-state index is 0.0547. The average Bonchev–Trinajstić information content (AvgIpc) is 2.76. The summed E-state index contributed by atoms with van der Waals surface area (Å²) in [5.74, 6) is -0.598. The fourth-order valence-corrected chi connectivity index (χ4v) is 2.80. The number of hydrogen-bond donors (Lipinski definition) is 6. The first-order valence-corrected chi connectivity index (χ1v) is 10.5. The maximum Gasteiger partial charge on any atom is 0.280 e. The van der Waals surface area contributed by atoms with Crippen molar-refractivity contribution >= 4 is 41.0 Å². The van der Waals surface area contributed by atoms with Gasteiger partial charge in [-0.2, -0.15) is 0 Å². The highest BCUT2D eigenvalue weighted by molar-refractivity contribution is 6.31. The molecule has 0 radical (unpaired) electrons. The first-order chi connectivity index (χ1) is 15.8. The molecule has 13 heteroatoms. The van der Waals surface area contributed by atoms with Gasteiger partial charge in [0, 0.05) is 13.1 Å². The minimum atomic E-state index is -0.672. The van der Waals surface area contributed by atoms with Crippen LogP contribution in [0.5, 0.6) is 5.75 Å². The normalized spacial score (nSPS) is 11.2. The highest BCUT2D eigenvalue weighted by Gasteiger charge is 2.16. The first-order valence-electron chi connectivity index (χ1n) is 10.2. The van der Waals surface area contributed by atoms with Gasteiger partial charge in [0.2, 0.25) is 5.91 Å². The fourth-order valence-electron chi connectivity index (χ4n) is 2.67. The number of hydrogen-bond acceptors (Lipinski definition) is 9. The molecule has 0 saturated carbocycles. The van der Waals surface area contributed by atoms with E-state index in [9.17, 15) is 9.59 Å². The number of halogens is 1. The molecule has 0 bridgehead atoms. The Hall–Kier alpha value is -3.64. The predicted molar refractivity (Wildman–Crippen MR) is 127 cm³/mol. The third kappa shape index (κ3) is 9.17. The second kappa shape index (κ2) is 13.0. The van der Waals surface area contributed by atoms with Gasteiger partial charge in [-0.05, 0) is 37.0 Å². The number of unbranched alkanes of at least 4 members (excludes halogenated alkanes) is 1. The Kier molecular flexibility index (Phi) is 10.1. The Morgan fingerprint density at radius 3 is 2.48 bits per heavy atom. The zero-order valence-corrected chi connectivity index (χ0v) is 18.8. The molecule has 0 spiro atoms. The number of aliphatic imine (C=N–C) groups is 1. The zero-order valence-electron chi connectivity index (χ0n) is 18.0. The average molecular weight is 478 g/mol. The number of carbonyl (C=O) groups is 2. The molecule has 33 heavy (non-hydrogen) atoms. The van der Waals surface area contributed by atoms with Gasteiger partial charge in [-0.3, -0.25) is 19.9 Å². The SMILES string of the molecule is NC(=O)CNCCOc1ccc(CCCCN=C(N)NC(=O)c2nc(Cl)c(N)nc2N)cc1. The van der Waals surface area contributed by atoms with Gasteiger partial charge in [0.25, 0.3) is 5.91 Å². The summed E-state index contributed by atoms with van der Waals surface area (Å²) >= 11 is 5.77. The number of aromatic nitrogens is 2. The van der Waals surface area contributed by atoms with Gasteiger partial charge in [0.05, 0.1) is 6.54 Å². The van der Waals surface area contributed by atoms with Gasteiger partial charge in [0.15, 0.2) is 28.4 Å². The number of aryl methyl sites for hydroxylation is 1. The van der Waals surface area contributed by atoms with Gasteiger partial charge in [-0.25, -0.2) is 9.97 Å². The Morgan fingerprint density at radius 1 is 1.06 bits per heavy atom. The number of benzene rings is 1. The van der Waals surface area contributed by atoms with Crippen molar-refractivity contribution in [2.75, 3.05) is 37.7 Å². The van der Waals surface area contributed by atoms with E-state index >= 15 is 0 Å². The lowest BCUT2D eigenvalue weighted by molar-refractivity contribution is -0.117. The van der Waals surface area contributed by atoms with Crippen LogP contribution < -0.4 is 38.3 Å². The van der Waals surface area contributed by atoms with Crippen LogP contribution in [-0.2, 0) is 11.2 Å². The van der Waals surface area contributed by atoms with Crippen molar-refractivity contribution in [1.29, 1.82) is 0 Å². The second-order valence-corrected chi connectivity index (χ2v) is 7.31. The van der Waals surface area contributed by atoms with Crippen LogP contribution in [0.25, 0.3) is 0 Å². The second-order valence-electron chi connectivity index (χ2n) is 6.95. The number of ether oxygens (including phenoxy) is 1. The van der Waals surface area contributed by atoms with Crippen LogP contribution in [0.4, 0.5) is 11.6 Å². The third-order valence-electron chi connectivity index (χ3n) is 4.29. The lowest BCUT2D eigenvalue weighted by atomic mass is 10.1. The van der Waals surface area contributed by atoms with E-state index in [4.69, 9.17) is 39.3 Å². The highest BCUT2D eigenvalue weighted by atomic mass is 35.5. The Labute approximate surface area is 196 Å². The lowest BCUT2D eigenvalue weighted by Gasteiger charge is -2.08. The summed E-state index contributed by atoms with van der Waals surface area (Å²) in [6.45, 7) is 1.54. The van der Waals surface area contributed by atoms with Crippen LogP contribution in [0.3, 0.4) is 0 Å². The van der Waals surface area contributed by atoms with Gasteiger partial charge >= 0.3 is 0 Å². The zero-order chi connectivity index (χ0) is 24.2. The predicted octanol–water partition coefficient (Wildman–Crippen LogP) is -0.184. The molecule has 178 valence electrons. The molecule has 0 fully saturated rings. The number of carbonyl (C=O) groups excluding carboxylic acids is 2. The molecule has 0 aliphatic rings. The van der Waals surface area contributed by atoms with E-state index in [-0.39, 0.29) is 35.0 Å². The maximum atomic E-state index is 12.2. The molecule has 2 aromatic rings. The standard InChI is InChI=1S/C20H28ClN9O3/c21-16-18(24)29-17(23)15(28-16)19(32)30-20(25)27-8-2-1-3-12-4-6-13(7-5-12)33-10-9-26-11-14(22)31/h4-7,26H,1-3,8-11H2,(H2,22,31)(H4,23,24,29)(H3,25,27,30,32). The number of nitrogens with one attached hydrogen (secondary N) is 2. The molecule has 0 unspecified atom stereocenters. The molecular formula is C20H28ClN9O3. The largest absolute Gasteiger partial charge is 0.492 e. The van der Waals surface area contributed by atoms with Crippen molar-refractivity contribution in [1.82, 2.24) is 20.6 Å². The van der Waals surface area contributed by atoms with Gasteiger partial charge in [0.1, 0.15) is 12.4 Å². The molecule has 12 nitrogen and oxygen atoms in total. The van der Waals surface area contributed by atoms with Crippen molar-refractivity contribution in [2.45, 2.75) is 19.3 Å². The number of nitrogens with zero attached hydrogens (tertiary/aromatic N) is 3. The van der Waals surface area contributed by atoms with E-state index in [1.807, 2.05) is 24.3 Å². The summed E-state index contributed by atoms with van der Waals surface area (Å²) < 4.78 is 5.59. The van der Waals surface area contributed by atoms with Crippen molar-refractivity contribution in [3.05, 3.63) is 40.7 Å². The molecule has 10 N–H and O–H groups in total. The van der Waals surface area contributed by atoms with Crippen LogP contribution in [0, 0.1) is 0 Å². The minimum Gasteiger partial charge on any atom is -0.492 e. The number of nitrogens with two attached hydrogens (primary N) is 4. The number of guanidine groups is 1. The topological polar surface area (TPSA) is 210 Å². The fraction of sp³-hybridized carbons (Fsp3) is 0.350. The van der Waals surface area contributed by atoms with E-state index in [0.29, 0.717) is 19.7 Å². The number of primary amides is 1. The molecule has 0 aliphatic heterocycles. The molecule has 1 aromatic carbocycles. The highest BCUT2D eigenvalue weighted by Crippen LogP contribution is 2.17. The monoisotopic (exact) mass is 477 g/mol. The van der Waals surface area contributed by atoms with Crippen LogP contribution in [-0.4, -0.2) is 54.0 Å². The first kappa shape index (κ1) is 25.6. The van der Waals surface area contributed by atoms with Crippen LogP contribution in [0.1, 0.15) is 28.9 Å². The number of anilines is 2. The molecule has 0 atom stereocenters. The van der Waals surface area contributed by atoms with Gasteiger partial charge in [-0.15, -0.1) is 0 Å².